The number of aryl methyl sites for hydroxylation is 1. The van der Waals surface area contributed by atoms with Gasteiger partial charge in [0.15, 0.2) is 5.78 Å². The minimum atomic E-state index is 0.245. The molecule has 1 aliphatic rings. The number of aromatic nitrogens is 2. The summed E-state index contributed by atoms with van der Waals surface area (Å²) in [6.07, 6.45) is 1.61. The quantitative estimate of drug-likeness (QED) is 0.631. The van der Waals surface area contributed by atoms with E-state index in [0.29, 0.717) is 12.3 Å². The van der Waals surface area contributed by atoms with Crippen molar-refractivity contribution in [2.45, 2.75) is 26.7 Å². The van der Waals surface area contributed by atoms with Gasteiger partial charge in [-0.3, -0.25) is 9.89 Å². The van der Waals surface area contributed by atoms with E-state index in [4.69, 9.17) is 0 Å². The third-order valence-corrected chi connectivity index (χ3v) is 2.38. The van der Waals surface area contributed by atoms with Gasteiger partial charge >= 0.3 is 0 Å². The Labute approximate surface area is 71.2 Å². The number of fused-ring (bicyclic) bond motifs is 1. The van der Waals surface area contributed by atoms with Gasteiger partial charge in [0.1, 0.15) is 0 Å². The van der Waals surface area contributed by atoms with Crippen molar-refractivity contribution in [2.24, 2.45) is 5.92 Å². The van der Waals surface area contributed by atoms with Crippen LogP contribution in [0.1, 0.15) is 35.1 Å². The van der Waals surface area contributed by atoms with E-state index >= 15 is 0 Å². The zero-order valence-electron chi connectivity index (χ0n) is 7.35. The van der Waals surface area contributed by atoms with E-state index in [-0.39, 0.29) is 5.78 Å². The molecule has 1 aromatic heterocycles. The molecule has 2 rings (SSSR count). The number of carbonyl (C=O) groups excluding carboxylic acids is 1. The van der Waals surface area contributed by atoms with Gasteiger partial charge in [0, 0.05) is 12.1 Å². The topological polar surface area (TPSA) is 45.8 Å². The molecule has 1 N–H and O–H groups in total. The summed E-state index contributed by atoms with van der Waals surface area (Å²) >= 11 is 0. The van der Waals surface area contributed by atoms with E-state index in [2.05, 4.69) is 17.1 Å². The van der Waals surface area contributed by atoms with Crippen molar-refractivity contribution in [1.82, 2.24) is 10.2 Å². The Morgan fingerprint density at radius 3 is 3.00 bits per heavy atom. The van der Waals surface area contributed by atoms with Crippen molar-refractivity contribution in [3.63, 3.8) is 0 Å². The second-order valence-electron chi connectivity index (χ2n) is 3.61. The molecule has 1 aliphatic carbocycles. The monoisotopic (exact) mass is 164 g/mol. The van der Waals surface area contributed by atoms with Crippen LogP contribution in [-0.2, 0) is 6.42 Å². The number of carbonyl (C=O) groups is 1. The lowest BCUT2D eigenvalue weighted by molar-refractivity contribution is 0.0952. The molecule has 0 unspecified atom stereocenters. The Kier molecular flexibility index (Phi) is 1.53. The van der Waals surface area contributed by atoms with Gasteiger partial charge in [-0.2, -0.15) is 5.10 Å². The Balaban J connectivity index is 2.50. The van der Waals surface area contributed by atoms with Crippen molar-refractivity contribution >= 4 is 5.78 Å². The van der Waals surface area contributed by atoms with E-state index in [9.17, 15) is 4.79 Å². The SMILES string of the molecule is Cc1[nH]nc2c1C(=O)C[C@H](C)C2. The lowest BCUT2D eigenvalue weighted by atomic mass is 9.87. The molecule has 1 aromatic rings. The van der Waals surface area contributed by atoms with Crippen molar-refractivity contribution in [1.29, 1.82) is 0 Å². The summed E-state index contributed by atoms with van der Waals surface area (Å²) in [5, 5.41) is 6.97. The van der Waals surface area contributed by atoms with Crippen LogP contribution in [0.4, 0.5) is 0 Å². The van der Waals surface area contributed by atoms with E-state index in [1.807, 2.05) is 6.92 Å². The fraction of sp³-hybridized carbons (Fsp3) is 0.556. The van der Waals surface area contributed by atoms with Crippen LogP contribution in [0.2, 0.25) is 0 Å². The van der Waals surface area contributed by atoms with Gasteiger partial charge in [-0.1, -0.05) is 6.92 Å². The molecule has 1 heterocycles. The number of aromatic amines is 1. The predicted molar refractivity (Wildman–Crippen MR) is 45.1 cm³/mol. The van der Waals surface area contributed by atoms with Crippen molar-refractivity contribution in [2.75, 3.05) is 0 Å². The van der Waals surface area contributed by atoms with Crippen LogP contribution in [0.15, 0.2) is 0 Å². The molecule has 0 fully saturated rings. The lowest BCUT2D eigenvalue weighted by Gasteiger charge is -2.15. The molecule has 12 heavy (non-hydrogen) atoms. The van der Waals surface area contributed by atoms with E-state index < -0.39 is 0 Å². The van der Waals surface area contributed by atoms with Gasteiger partial charge in [0.25, 0.3) is 0 Å². The summed E-state index contributed by atoms with van der Waals surface area (Å²) in [5.74, 6) is 0.697. The number of nitrogens with one attached hydrogen (secondary N) is 1. The standard InChI is InChI=1S/C9H12N2O/c1-5-3-7-9(8(12)4-5)6(2)10-11-7/h5H,3-4H2,1-2H3,(H,10,11)/t5-/m1/s1. The largest absolute Gasteiger partial charge is 0.294 e. The molecule has 0 saturated heterocycles. The second kappa shape index (κ2) is 2.44. The average molecular weight is 164 g/mol. The third kappa shape index (κ3) is 0.967. The summed E-state index contributed by atoms with van der Waals surface area (Å²) in [7, 11) is 0. The summed E-state index contributed by atoms with van der Waals surface area (Å²) in [6, 6.07) is 0. The minimum absolute atomic E-state index is 0.245. The maximum absolute atomic E-state index is 11.5. The third-order valence-electron chi connectivity index (χ3n) is 2.38. The highest BCUT2D eigenvalue weighted by Gasteiger charge is 2.26. The normalized spacial score (nSPS) is 22.5. The first kappa shape index (κ1) is 7.53. The van der Waals surface area contributed by atoms with Crippen LogP contribution < -0.4 is 0 Å². The lowest BCUT2D eigenvalue weighted by Crippen LogP contribution is -2.17. The smallest absolute Gasteiger partial charge is 0.166 e. The molecular formula is C9H12N2O. The molecular weight excluding hydrogens is 152 g/mol. The van der Waals surface area contributed by atoms with Gasteiger partial charge in [0.05, 0.1) is 11.3 Å². The molecule has 3 heteroatoms. The molecule has 0 amide bonds. The van der Waals surface area contributed by atoms with Crippen LogP contribution in [-0.4, -0.2) is 16.0 Å². The van der Waals surface area contributed by atoms with Crippen LogP contribution in [0, 0.1) is 12.8 Å². The van der Waals surface area contributed by atoms with Crippen molar-refractivity contribution in [3.05, 3.63) is 17.0 Å². The first-order valence-electron chi connectivity index (χ1n) is 4.25. The Hall–Kier alpha value is -1.12. The zero-order valence-corrected chi connectivity index (χ0v) is 7.35. The highest BCUT2D eigenvalue weighted by molar-refractivity contribution is 5.99. The Morgan fingerprint density at radius 2 is 2.25 bits per heavy atom. The number of Topliss-reactive ketones (excluding diaryl/α,β-unsaturated/α-hetero) is 1. The summed E-state index contributed by atoms with van der Waals surface area (Å²) in [4.78, 5) is 11.5. The number of hydrogen-bond acceptors (Lipinski definition) is 2. The highest BCUT2D eigenvalue weighted by atomic mass is 16.1. The average Bonchev–Trinajstić information content (AvgIpc) is 2.31. The van der Waals surface area contributed by atoms with Gasteiger partial charge in [-0.15, -0.1) is 0 Å². The number of nitrogens with zero attached hydrogens (tertiary/aromatic N) is 1. The highest BCUT2D eigenvalue weighted by Crippen LogP contribution is 2.25. The van der Waals surface area contributed by atoms with Gasteiger partial charge in [-0.25, -0.2) is 0 Å². The molecule has 0 bridgehead atoms. The molecule has 0 radical (unpaired) electrons. The molecule has 0 aromatic carbocycles. The van der Waals surface area contributed by atoms with Gasteiger partial charge < -0.3 is 0 Å². The number of rotatable bonds is 0. The minimum Gasteiger partial charge on any atom is -0.294 e. The predicted octanol–water partition coefficient (Wildman–Crippen LogP) is 1.48. The van der Waals surface area contributed by atoms with E-state index in [0.717, 1.165) is 23.4 Å². The van der Waals surface area contributed by atoms with Gasteiger partial charge in [-0.05, 0) is 19.3 Å². The molecule has 0 saturated carbocycles. The first-order chi connectivity index (χ1) is 5.68. The number of ketones is 1. The van der Waals surface area contributed by atoms with Crippen LogP contribution in [0.3, 0.4) is 0 Å². The zero-order chi connectivity index (χ0) is 8.72. The summed E-state index contributed by atoms with van der Waals surface area (Å²) < 4.78 is 0. The summed E-state index contributed by atoms with van der Waals surface area (Å²) in [5.41, 5.74) is 2.71. The maximum Gasteiger partial charge on any atom is 0.166 e. The molecule has 0 spiro atoms. The van der Waals surface area contributed by atoms with Crippen LogP contribution in [0.5, 0.6) is 0 Å². The fourth-order valence-corrected chi connectivity index (χ4v) is 1.82. The molecule has 64 valence electrons. The fourth-order valence-electron chi connectivity index (χ4n) is 1.82. The molecule has 3 nitrogen and oxygen atoms in total. The number of H-pyrrole nitrogens is 1. The van der Waals surface area contributed by atoms with Crippen molar-refractivity contribution in [3.8, 4) is 0 Å². The van der Waals surface area contributed by atoms with E-state index in [1.54, 1.807) is 0 Å². The van der Waals surface area contributed by atoms with Gasteiger partial charge in [0.2, 0.25) is 0 Å². The van der Waals surface area contributed by atoms with E-state index in [1.165, 1.54) is 0 Å². The molecule has 0 aliphatic heterocycles. The maximum atomic E-state index is 11.5. The first-order valence-corrected chi connectivity index (χ1v) is 4.25. The van der Waals surface area contributed by atoms with Crippen LogP contribution >= 0.6 is 0 Å². The Bertz CT molecular complexity index is 327. The number of hydrogen-bond donors (Lipinski definition) is 1. The summed E-state index contributed by atoms with van der Waals surface area (Å²) in [6.45, 7) is 3.99. The molecule has 1 atom stereocenters. The van der Waals surface area contributed by atoms with Crippen LogP contribution in [0.25, 0.3) is 0 Å². The van der Waals surface area contributed by atoms with Crippen molar-refractivity contribution < 1.29 is 4.79 Å². The second-order valence-corrected chi connectivity index (χ2v) is 3.61. The Morgan fingerprint density at radius 1 is 1.50 bits per heavy atom.